The maximum Gasteiger partial charge on any atom is 0.255 e. The standard InChI is InChI=1S/C23H24INO7/c1-2-3-6-32-15-5-4-13(24)12-8-10-7-11-9-14(26)18(22(25)30)21(29)23(11,31)20(28)16(10)19(27)17(12)15/h4-5,10-11,27,29,31H,2-3,6-9H2,1H3,(H2,25,30). The molecule has 0 aliphatic heterocycles. The summed E-state index contributed by atoms with van der Waals surface area (Å²) < 4.78 is 6.77. The maximum atomic E-state index is 13.5. The van der Waals surface area contributed by atoms with Gasteiger partial charge < -0.3 is 25.8 Å². The van der Waals surface area contributed by atoms with Crippen molar-refractivity contribution in [2.24, 2.45) is 17.6 Å². The minimum absolute atomic E-state index is 0.0247. The molecule has 4 rings (SSSR count). The normalized spacial score (nSPS) is 27.1. The highest BCUT2D eigenvalue weighted by atomic mass is 127. The second-order valence-electron chi connectivity index (χ2n) is 8.51. The lowest BCUT2D eigenvalue weighted by atomic mass is 9.59. The number of halogens is 1. The number of rotatable bonds is 5. The zero-order valence-electron chi connectivity index (χ0n) is 17.5. The number of benzene rings is 1. The van der Waals surface area contributed by atoms with Gasteiger partial charge in [-0.3, -0.25) is 14.4 Å². The van der Waals surface area contributed by atoms with E-state index < -0.39 is 46.2 Å². The molecule has 0 heterocycles. The summed E-state index contributed by atoms with van der Waals surface area (Å²) in [6, 6.07) is 3.62. The van der Waals surface area contributed by atoms with E-state index in [1.165, 1.54) is 0 Å². The Bertz CT molecular complexity index is 1110. The number of fused-ring (bicyclic) bond motifs is 3. The Balaban J connectivity index is 1.87. The molecule has 1 amide bonds. The lowest BCUT2D eigenvalue weighted by Gasteiger charge is -2.46. The van der Waals surface area contributed by atoms with Gasteiger partial charge in [-0.1, -0.05) is 13.3 Å². The molecule has 0 saturated heterocycles. The van der Waals surface area contributed by atoms with E-state index in [0.717, 1.165) is 22.0 Å². The largest absolute Gasteiger partial charge is 0.508 e. The van der Waals surface area contributed by atoms with Gasteiger partial charge in [0.2, 0.25) is 5.78 Å². The monoisotopic (exact) mass is 553 g/mol. The summed E-state index contributed by atoms with van der Waals surface area (Å²) >= 11 is 2.16. The molecule has 0 spiro atoms. The molecule has 8 nitrogen and oxygen atoms in total. The highest BCUT2D eigenvalue weighted by molar-refractivity contribution is 14.1. The number of Topliss-reactive ketones (excluding diaryl/α,β-unsaturated/α-hetero) is 2. The van der Waals surface area contributed by atoms with Gasteiger partial charge in [0, 0.05) is 21.5 Å². The molecule has 170 valence electrons. The predicted molar refractivity (Wildman–Crippen MR) is 123 cm³/mol. The predicted octanol–water partition coefficient (Wildman–Crippen LogP) is 2.50. The van der Waals surface area contributed by atoms with Gasteiger partial charge in [0.05, 0.1) is 12.2 Å². The highest BCUT2D eigenvalue weighted by Gasteiger charge is 2.60. The van der Waals surface area contributed by atoms with Gasteiger partial charge in [-0.2, -0.15) is 0 Å². The molecule has 1 aromatic carbocycles. The first kappa shape index (κ1) is 22.8. The van der Waals surface area contributed by atoms with Gasteiger partial charge in [-0.05, 0) is 65.5 Å². The summed E-state index contributed by atoms with van der Waals surface area (Å²) in [5.41, 5.74) is 3.18. The Morgan fingerprint density at radius 1 is 1.28 bits per heavy atom. The molecule has 9 heteroatoms. The number of aliphatic hydroxyl groups excluding tert-OH is 2. The fourth-order valence-corrected chi connectivity index (χ4v) is 5.69. The quantitative estimate of drug-likeness (QED) is 0.249. The van der Waals surface area contributed by atoms with Gasteiger partial charge in [-0.15, -0.1) is 0 Å². The third-order valence-electron chi connectivity index (χ3n) is 6.63. The molecule has 1 saturated carbocycles. The summed E-state index contributed by atoms with van der Waals surface area (Å²) in [7, 11) is 0. The van der Waals surface area contributed by atoms with E-state index >= 15 is 0 Å². The third-order valence-corrected chi connectivity index (χ3v) is 7.64. The molecule has 5 N–H and O–H groups in total. The molecule has 3 unspecified atom stereocenters. The van der Waals surface area contributed by atoms with Crippen LogP contribution in [0, 0.1) is 15.4 Å². The highest BCUT2D eigenvalue weighted by Crippen LogP contribution is 2.52. The molecule has 0 radical (unpaired) electrons. The van der Waals surface area contributed by atoms with E-state index in [-0.39, 0.29) is 24.2 Å². The molecule has 1 fully saturated rings. The number of hydrogen-bond acceptors (Lipinski definition) is 7. The molecular formula is C23H24INO7. The second-order valence-corrected chi connectivity index (χ2v) is 9.67. The number of aliphatic hydroxyl groups is 3. The Morgan fingerprint density at radius 2 is 2.00 bits per heavy atom. The van der Waals surface area contributed by atoms with Crippen molar-refractivity contribution in [3.63, 3.8) is 0 Å². The third kappa shape index (κ3) is 3.24. The van der Waals surface area contributed by atoms with Gasteiger partial charge >= 0.3 is 0 Å². The van der Waals surface area contributed by atoms with Crippen molar-refractivity contribution in [2.45, 2.75) is 44.6 Å². The number of carbonyl (C=O) groups is 3. The van der Waals surface area contributed by atoms with Crippen molar-refractivity contribution in [1.82, 2.24) is 0 Å². The summed E-state index contributed by atoms with van der Waals surface area (Å²) in [6.07, 6.45) is 2.06. The van der Waals surface area contributed by atoms with Gasteiger partial charge in [0.15, 0.2) is 11.4 Å². The Labute approximate surface area is 198 Å². The number of ketones is 2. The van der Waals surface area contributed by atoms with Crippen LogP contribution < -0.4 is 10.5 Å². The Morgan fingerprint density at radius 3 is 2.66 bits per heavy atom. The Kier molecular flexibility index (Phi) is 5.83. The van der Waals surface area contributed by atoms with E-state index in [4.69, 9.17) is 10.5 Å². The number of primary amides is 1. The van der Waals surface area contributed by atoms with Crippen LogP contribution in [0.3, 0.4) is 0 Å². The number of unbranched alkanes of at least 4 members (excludes halogenated alkanes) is 1. The van der Waals surface area contributed by atoms with Crippen molar-refractivity contribution in [1.29, 1.82) is 0 Å². The van der Waals surface area contributed by atoms with Crippen LogP contribution in [0.2, 0.25) is 0 Å². The number of nitrogens with two attached hydrogens (primary N) is 1. The van der Waals surface area contributed by atoms with Crippen LogP contribution in [-0.4, -0.2) is 45.0 Å². The minimum Gasteiger partial charge on any atom is -0.508 e. The summed E-state index contributed by atoms with van der Waals surface area (Å²) in [6.45, 7) is 2.48. The van der Waals surface area contributed by atoms with Crippen molar-refractivity contribution < 1.29 is 34.4 Å². The number of ether oxygens (including phenoxy) is 1. The van der Waals surface area contributed by atoms with Crippen LogP contribution in [-0.2, 0) is 20.8 Å². The van der Waals surface area contributed by atoms with Crippen molar-refractivity contribution in [3.8, 4) is 5.75 Å². The number of hydrogen-bond donors (Lipinski definition) is 4. The van der Waals surface area contributed by atoms with Crippen LogP contribution >= 0.6 is 22.6 Å². The molecule has 3 atom stereocenters. The van der Waals surface area contributed by atoms with Crippen molar-refractivity contribution in [2.75, 3.05) is 6.61 Å². The van der Waals surface area contributed by atoms with Crippen LogP contribution in [0.1, 0.15) is 43.7 Å². The topological polar surface area (TPSA) is 147 Å². The van der Waals surface area contributed by atoms with E-state index in [1.807, 2.05) is 13.0 Å². The molecule has 0 bridgehead atoms. The molecular weight excluding hydrogens is 529 g/mol. The first-order valence-electron chi connectivity index (χ1n) is 10.5. The number of amides is 1. The van der Waals surface area contributed by atoms with Crippen LogP contribution in [0.15, 0.2) is 29.0 Å². The van der Waals surface area contributed by atoms with Crippen LogP contribution in [0.5, 0.6) is 5.75 Å². The first-order valence-corrected chi connectivity index (χ1v) is 11.6. The molecule has 32 heavy (non-hydrogen) atoms. The SMILES string of the molecule is CCCCOc1ccc(I)c2c1C(O)=C1C(=O)C3(O)C(O)=C(C(N)=O)C(=O)CC3CC1C2. The smallest absolute Gasteiger partial charge is 0.255 e. The van der Waals surface area contributed by atoms with Gasteiger partial charge in [0.25, 0.3) is 5.91 Å². The van der Waals surface area contributed by atoms with E-state index in [2.05, 4.69) is 22.6 Å². The van der Waals surface area contributed by atoms with Crippen molar-refractivity contribution in [3.05, 3.63) is 43.7 Å². The van der Waals surface area contributed by atoms with Gasteiger partial charge in [-0.25, -0.2) is 0 Å². The minimum atomic E-state index is -2.49. The molecule has 0 aromatic heterocycles. The van der Waals surface area contributed by atoms with Gasteiger partial charge in [0.1, 0.15) is 22.8 Å². The number of carbonyl (C=O) groups excluding carboxylic acids is 3. The average molecular weight is 553 g/mol. The fourth-order valence-electron chi connectivity index (χ4n) is 5.02. The first-order chi connectivity index (χ1) is 15.1. The zero-order valence-corrected chi connectivity index (χ0v) is 19.6. The van der Waals surface area contributed by atoms with Crippen LogP contribution in [0.4, 0.5) is 0 Å². The van der Waals surface area contributed by atoms with E-state index in [9.17, 15) is 29.7 Å². The second kappa shape index (κ2) is 8.18. The Hall–Kier alpha value is -2.40. The lowest BCUT2D eigenvalue weighted by Crippen LogP contribution is -2.58. The average Bonchev–Trinajstić information content (AvgIpc) is 2.72. The molecule has 1 aromatic rings. The van der Waals surface area contributed by atoms with E-state index in [0.29, 0.717) is 24.3 Å². The molecule has 3 aliphatic rings. The molecule has 3 aliphatic carbocycles. The summed E-state index contributed by atoms with van der Waals surface area (Å²) in [5, 5.41) is 33.1. The lowest BCUT2D eigenvalue weighted by molar-refractivity contribution is -0.147. The van der Waals surface area contributed by atoms with Crippen molar-refractivity contribution >= 4 is 45.8 Å². The fraction of sp³-hybridized carbons (Fsp3) is 0.435. The zero-order chi connectivity index (χ0) is 23.4. The van der Waals surface area contributed by atoms with Crippen LogP contribution in [0.25, 0.3) is 5.76 Å². The summed E-state index contributed by atoms with van der Waals surface area (Å²) in [4.78, 5) is 37.6. The summed E-state index contributed by atoms with van der Waals surface area (Å²) in [5.74, 6) is -5.08. The van der Waals surface area contributed by atoms with E-state index in [1.54, 1.807) is 6.07 Å². The maximum absolute atomic E-state index is 13.5.